The average molecular weight is 259 g/mol. The Kier molecular flexibility index (Phi) is 3.12. The van der Waals surface area contributed by atoms with Crippen LogP contribution in [0.3, 0.4) is 0 Å². The van der Waals surface area contributed by atoms with E-state index in [2.05, 4.69) is 9.98 Å². The number of nitrogens with two attached hydrogens (primary N) is 1. The van der Waals surface area contributed by atoms with Crippen LogP contribution in [0.1, 0.15) is 5.69 Å². The van der Waals surface area contributed by atoms with Crippen molar-refractivity contribution in [3.8, 4) is 0 Å². The van der Waals surface area contributed by atoms with Crippen LogP contribution >= 0.6 is 0 Å². The number of rotatable bonds is 2. The van der Waals surface area contributed by atoms with E-state index in [0.717, 1.165) is 12.1 Å². The molecule has 0 aromatic carbocycles. The summed E-state index contributed by atoms with van der Waals surface area (Å²) in [7, 11) is 0. The van der Waals surface area contributed by atoms with Gasteiger partial charge in [0.2, 0.25) is 0 Å². The highest BCUT2D eigenvalue weighted by Crippen LogP contribution is 2.36. The Morgan fingerprint density at radius 3 is 2.78 bits per heavy atom. The van der Waals surface area contributed by atoms with E-state index in [9.17, 15) is 13.2 Å². The van der Waals surface area contributed by atoms with Gasteiger partial charge in [-0.25, -0.2) is 13.2 Å². The van der Waals surface area contributed by atoms with Crippen molar-refractivity contribution in [3.63, 3.8) is 0 Å². The molecule has 0 amide bonds. The molecule has 98 valence electrons. The molecule has 0 spiro atoms. The molecule has 0 bridgehead atoms. The summed E-state index contributed by atoms with van der Waals surface area (Å²) >= 11 is 0. The van der Waals surface area contributed by atoms with Crippen molar-refractivity contribution in [1.29, 1.82) is 0 Å². The van der Waals surface area contributed by atoms with Crippen LogP contribution in [0.15, 0.2) is 17.1 Å². The number of alkyl halides is 2. The molecule has 8 heteroatoms. The van der Waals surface area contributed by atoms with Crippen LogP contribution in [0, 0.1) is 5.82 Å². The van der Waals surface area contributed by atoms with Gasteiger partial charge in [-0.2, -0.15) is 0 Å². The van der Waals surface area contributed by atoms with E-state index < -0.39 is 30.1 Å². The van der Waals surface area contributed by atoms with Gasteiger partial charge in [0, 0.05) is 5.69 Å². The molecular weight excluding hydrogens is 249 g/mol. The standard InChI is InChI=1S/C10H10F3N4O/c11-5-1-2-6(14)16-8(5)10(9(12)13)4-18-3-7(15)17-10/h1-2,9H,3-4H2,(H3-,14,15,16,17)/q-1/t10-/m0/s1. The number of halogens is 3. The molecule has 0 saturated carbocycles. The van der Waals surface area contributed by atoms with Gasteiger partial charge in [-0.3, -0.25) is 4.99 Å². The van der Waals surface area contributed by atoms with E-state index in [1.165, 1.54) is 0 Å². The fourth-order valence-corrected chi connectivity index (χ4v) is 1.71. The lowest BCUT2D eigenvalue weighted by molar-refractivity contribution is -0.0167. The molecule has 2 heterocycles. The van der Waals surface area contributed by atoms with Crippen LogP contribution in [0.5, 0.6) is 0 Å². The number of aliphatic imine (C=N–C) groups is 1. The highest BCUT2D eigenvalue weighted by molar-refractivity contribution is 5.82. The summed E-state index contributed by atoms with van der Waals surface area (Å²) in [6.07, 6.45) is -3.04. The molecule has 1 atom stereocenters. The molecule has 1 aromatic rings. The third-order valence-electron chi connectivity index (χ3n) is 2.53. The van der Waals surface area contributed by atoms with Gasteiger partial charge in [-0.1, -0.05) is 11.9 Å². The molecule has 5 nitrogen and oxygen atoms in total. The summed E-state index contributed by atoms with van der Waals surface area (Å²) in [4.78, 5) is 7.11. The van der Waals surface area contributed by atoms with Crippen LogP contribution in [-0.4, -0.2) is 30.5 Å². The number of amidine groups is 1. The predicted octanol–water partition coefficient (Wildman–Crippen LogP) is 1.75. The van der Waals surface area contributed by atoms with E-state index in [4.69, 9.17) is 16.2 Å². The van der Waals surface area contributed by atoms with E-state index in [1.54, 1.807) is 0 Å². The lowest BCUT2D eigenvalue weighted by Crippen LogP contribution is -2.45. The third-order valence-corrected chi connectivity index (χ3v) is 2.53. The number of ether oxygens (including phenoxy) is 1. The molecule has 18 heavy (non-hydrogen) atoms. The first-order valence-electron chi connectivity index (χ1n) is 5.04. The van der Waals surface area contributed by atoms with Crippen LogP contribution in [0.25, 0.3) is 5.73 Å². The summed E-state index contributed by atoms with van der Waals surface area (Å²) in [5, 5.41) is 0. The molecule has 3 N–H and O–H groups in total. The first kappa shape index (κ1) is 12.6. The number of nitrogens with one attached hydrogen (secondary N) is 1. The van der Waals surface area contributed by atoms with E-state index >= 15 is 0 Å². The predicted molar refractivity (Wildman–Crippen MR) is 58.3 cm³/mol. The van der Waals surface area contributed by atoms with Crippen molar-refractivity contribution >= 4 is 11.7 Å². The fourth-order valence-electron chi connectivity index (χ4n) is 1.71. The Morgan fingerprint density at radius 2 is 2.17 bits per heavy atom. The van der Waals surface area contributed by atoms with Gasteiger partial charge in [-0.15, -0.1) is 0 Å². The first-order chi connectivity index (χ1) is 8.45. The molecule has 0 fully saturated rings. The second kappa shape index (κ2) is 4.45. The maximum Gasteiger partial charge on any atom is 0.269 e. The number of pyridine rings is 1. The molecule has 0 radical (unpaired) electrons. The Bertz CT molecular complexity index is 494. The molecular formula is C10H10F3N4O-. The highest BCUT2D eigenvalue weighted by Gasteiger charge is 2.45. The average Bonchev–Trinajstić information content (AvgIpc) is 2.32. The number of hydrogen-bond donors (Lipinski definition) is 1. The van der Waals surface area contributed by atoms with Gasteiger partial charge in [0.1, 0.15) is 18.3 Å². The molecule has 0 unspecified atom stereocenters. The molecule has 1 aliphatic rings. The quantitative estimate of drug-likeness (QED) is 0.878. The van der Waals surface area contributed by atoms with Crippen molar-refractivity contribution in [2.45, 2.75) is 12.0 Å². The summed E-state index contributed by atoms with van der Waals surface area (Å²) in [6.45, 7) is -0.616. The van der Waals surface area contributed by atoms with Gasteiger partial charge in [0.05, 0.1) is 6.61 Å². The largest absolute Gasteiger partial charge is 0.482 e. The Hall–Kier alpha value is -1.83. The lowest BCUT2D eigenvalue weighted by atomic mass is 9.95. The second-order valence-electron chi connectivity index (χ2n) is 3.85. The van der Waals surface area contributed by atoms with Crippen molar-refractivity contribution < 1.29 is 17.9 Å². The van der Waals surface area contributed by atoms with Gasteiger partial charge in [0.25, 0.3) is 6.43 Å². The maximum absolute atomic E-state index is 13.6. The molecule has 0 saturated heterocycles. The highest BCUT2D eigenvalue weighted by atomic mass is 19.3. The van der Waals surface area contributed by atoms with Crippen LogP contribution in [0.4, 0.5) is 19.0 Å². The van der Waals surface area contributed by atoms with Crippen molar-refractivity contribution in [2.75, 3.05) is 13.2 Å². The lowest BCUT2D eigenvalue weighted by Gasteiger charge is -2.35. The van der Waals surface area contributed by atoms with Gasteiger partial charge < -0.3 is 21.2 Å². The number of aromatic nitrogens is 1. The van der Waals surface area contributed by atoms with Crippen molar-refractivity contribution in [2.24, 2.45) is 10.7 Å². The van der Waals surface area contributed by atoms with Crippen molar-refractivity contribution in [3.05, 3.63) is 29.4 Å². The van der Waals surface area contributed by atoms with Crippen LogP contribution < -0.4 is 5.73 Å². The van der Waals surface area contributed by atoms with E-state index in [-0.39, 0.29) is 18.3 Å². The number of nitrogens with zero attached hydrogens (tertiary/aromatic N) is 2. The molecule has 1 aliphatic heterocycles. The number of hydrogen-bond acceptors (Lipinski definition) is 4. The minimum absolute atomic E-state index is 0.0867. The fraction of sp³-hybridized carbons (Fsp3) is 0.400. The minimum Gasteiger partial charge on any atom is -0.482 e. The first-order valence-corrected chi connectivity index (χ1v) is 5.04. The van der Waals surface area contributed by atoms with Gasteiger partial charge in [-0.05, 0) is 6.07 Å². The van der Waals surface area contributed by atoms with Gasteiger partial charge in [0.15, 0.2) is 5.54 Å². The third kappa shape index (κ3) is 1.99. The Morgan fingerprint density at radius 1 is 1.44 bits per heavy atom. The summed E-state index contributed by atoms with van der Waals surface area (Å²) in [5.74, 6) is -1.45. The summed E-state index contributed by atoms with van der Waals surface area (Å²) < 4.78 is 45.0. The smallest absolute Gasteiger partial charge is 0.269 e. The molecule has 0 aliphatic carbocycles. The second-order valence-corrected chi connectivity index (χ2v) is 3.85. The Labute approximate surface area is 101 Å². The minimum atomic E-state index is -3.04. The topological polar surface area (TPSA) is 84.3 Å². The van der Waals surface area contributed by atoms with Crippen LogP contribution in [-0.2, 0) is 10.3 Å². The zero-order chi connectivity index (χ0) is 13.3. The van der Waals surface area contributed by atoms with E-state index in [0.29, 0.717) is 0 Å². The normalized spacial score (nSPS) is 24.1. The Balaban J connectivity index is 2.61. The van der Waals surface area contributed by atoms with Gasteiger partial charge >= 0.3 is 0 Å². The zero-order valence-corrected chi connectivity index (χ0v) is 9.16. The molecule has 2 rings (SSSR count). The van der Waals surface area contributed by atoms with E-state index in [1.807, 2.05) is 0 Å². The van der Waals surface area contributed by atoms with Crippen molar-refractivity contribution in [1.82, 2.24) is 4.98 Å². The monoisotopic (exact) mass is 259 g/mol. The summed E-state index contributed by atoms with van der Waals surface area (Å²) in [6, 6.07) is 1.96. The SMILES string of the molecule is [NH-]c1ccc(F)c([C@]2(C(F)F)COCC(N)=N2)n1. The maximum atomic E-state index is 13.6. The summed E-state index contributed by atoms with van der Waals surface area (Å²) in [5.41, 5.74) is 9.76. The molecule has 1 aromatic heterocycles. The van der Waals surface area contributed by atoms with Crippen LogP contribution in [0.2, 0.25) is 0 Å². The zero-order valence-electron chi connectivity index (χ0n) is 9.16.